The Morgan fingerprint density at radius 3 is 2.60 bits per heavy atom. The Morgan fingerprint density at radius 1 is 1.15 bits per heavy atom. The van der Waals surface area contributed by atoms with Gasteiger partial charge < -0.3 is 10.3 Å². The van der Waals surface area contributed by atoms with Crippen molar-refractivity contribution in [2.45, 2.75) is 20.8 Å². The highest BCUT2D eigenvalue weighted by Gasteiger charge is 2.19. The van der Waals surface area contributed by atoms with Crippen LogP contribution in [-0.2, 0) is 0 Å². The lowest BCUT2D eigenvalue weighted by molar-refractivity contribution is 0.439. The predicted molar refractivity (Wildman–Crippen MR) is 81.7 cm³/mol. The summed E-state index contributed by atoms with van der Waals surface area (Å²) < 4.78 is 5.19. The molecule has 0 spiro atoms. The number of nitrogen functional groups attached to an aromatic ring is 1. The number of nitrogens with zero attached hydrogens (tertiary/aromatic N) is 2. The molecule has 102 valence electrons. The monoisotopic (exact) mass is 285 g/mol. The topological polar surface area (TPSA) is 64.9 Å². The van der Waals surface area contributed by atoms with Gasteiger partial charge in [0.15, 0.2) is 0 Å². The number of nitrogens with two attached hydrogens (primary N) is 1. The molecule has 5 heteroatoms. The third-order valence-corrected chi connectivity index (χ3v) is 4.29. The van der Waals surface area contributed by atoms with Gasteiger partial charge in [-0.2, -0.15) is 0 Å². The van der Waals surface area contributed by atoms with E-state index in [4.69, 9.17) is 10.3 Å². The first-order chi connectivity index (χ1) is 9.56. The van der Waals surface area contributed by atoms with Crippen LogP contribution in [0.2, 0.25) is 0 Å². The normalized spacial score (nSPS) is 10.9. The van der Waals surface area contributed by atoms with Crippen molar-refractivity contribution in [2.24, 2.45) is 0 Å². The molecule has 0 aliphatic rings. The van der Waals surface area contributed by atoms with Crippen molar-refractivity contribution in [1.82, 2.24) is 10.1 Å². The zero-order valence-corrected chi connectivity index (χ0v) is 12.4. The quantitative estimate of drug-likeness (QED) is 0.773. The third kappa shape index (κ3) is 2.10. The smallest absolute Gasteiger partial charge is 0.230 e. The van der Waals surface area contributed by atoms with E-state index in [2.05, 4.69) is 36.1 Å². The summed E-state index contributed by atoms with van der Waals surface area (Å²) in [6.07, 6.45) is 1.81. The van der Waals surface area contributed by atoms with E-state index in [1.54, 1.807) is 11.3 Å². The Balaban J connectivity index is 2.18. The number of hydrogen-bond acceptors (Lipinski definition) is 5. The van der Waals surface area contributed by atoms with Gasteiger partial charge in [-0.1, -0.05) is 23.4 Å². The summed E-state index contributed by atoms with van der Waals surface area (Å²) in [5, 5.41) is 5.09. The highest BCUT2D eigenvalue weighted by Crippen LogP contribution is 2.38. The van der Waals surface area contributed by atoms with Gasteiger partial charge in [-0.25, -0.2) is 4.98 Å². The second-order valence-electron chi connectivity index (χ2n) is 4.81. The fourth-order valence-electron chi connectivity index (χ4n) is 2.12. The summed E-state index contributed by atoms with van der Waals surface area (Å²) in [7, 11) is 0. The molecular weight excluding hydrogens is 270 g/mol. The second-order valence-corrected chi connectivity index (χ2v) is 6.05. The van der Waals surface area contributed by atoms with Crippen molar-refractivity contribution < 1.29 is 4.52 Å². The molecule has 4 nitrogen and oxygen atoms in total. The summed E-state index contributed by atoms with van der Waals surface area (Å²) in [6, 6.07) is 6.23. The lowest BCUT2D eigenvalue weighted by Crippen LogP contribution is -1.89. The molecule has 0 aliphatic carbocycles. The zero-order chi connectivity index (χ0) is 14.3. The molecule has 0 radical (unpaired) electrons. The van der Waals surface area contributed by atoms with E-state index in [0.717, 1.165) is 26.7 Å². The first kappa shape index (κ1) is 12.9. The van der Waals surface area contributed by atoms with Crippen LogP contribution in [-0.4, -0.2) is 10.1 Å². The molecule has 2 aromatic heterocycles. The minimum atomic E-state index is 0.342. The van der Waals surface area contributed by atoms with Crippen LogP contribution in [0.25, 0.3) is 21.7 Å². The molecule has 2 N–H and O–H groups in total. The van der Waals surface area contributed by atoms with Crippen molar-refractivity contribution in [3.8, 4) is 21.7 Å². The second kappa shape index (κ2) is 4.76. The maximum atomic E-state index is 5.96. The molecule has 0 unspecified atom stereocenters. The van der Waals surface area contributed by atoms with Crippen LogP contribution in [0, 0.1) is 20.8 Å². The molecule has 0 atom stereocenters. The standard InChI is InChI=1S/C15H15N3OS/c1-8-4-5-11(6-9(8)2)13-14(18-19-15(13)16)12-7-17-10(3)20-12/h4-7H,16H2,1-3H3. The lowest BCUT2D eigenvalue weighted by atomic mass is 10.00. The van der Waals surface area contributed by atoms with E-state index in [-0.39, 0.29) is 0 Å². The molecule has 0 saturated carbocycles. The average molecular weight is 285 g/mol. The molecule has 0 bridgehead atoms. The van der Waals surface area contributed by atoms with Gasteiger partial charge in [0.25, 0.3) is 0 Å². The predicted octanol–water partition coefficient (Wildman–Crippen LogP) is 3.97. The molecule has 3 aromatic rings. The largest absolute Gasteiger partial charge is 0.367 e. The Hall–Kier alpha value is -2.14. The Kier molecular flexibility index (Phi) is 3.06. The van der Waals surface area contributed by atoms with Gasteiger partial charge in [0.05, 0.1) is 15.4 Å². The number of thiazole rings is 1. The van der Waals surface area contributed by atoms with Crippen molar-refractivity contribution >= 4 is 17.2 Å². The molecule has 0 amide bonds. The Bertz CT molecular complexity index is 773. The van der Waals surface area contributed by atoms with Crippen molar-refractivity contribution in [3.05, 3.63) is 40.5 Å². The number of benzene rings is 1. The first-order valence-corrected chi connectivity index (χ1v) is 7.13. The van der Waals surface area contributed by atoms with Crippen LogP contribution in [0.1, 0.15) is 16.1 Å². The van der Waals surface area contributed by atoms with Crippen LogP contribution in [0.5, 0.6) is 0 Å². The van der Waals surface area contributed by atoms with Crippen LogP contribution >= 0.6 is 11.3 Å². The van der Waals surface area contributed by atoms with Gasteiger partial charge in [-0.3, -0.25) is 0 Å². The van der Waals surface area contributed by atoms with Crippen LogP contribution in [0.4, 0.5) is 5.88 Å². The highest BCUT2D eigenvalue weighted by atomic mass is 32.1. The molecule has 1 aromatic carbocycles. The van der Waals surface area contributed by atoms with Crippen molar-refractivity contribution in [3.63, 3.8) is 0 Å². The van der Waals surface area contributed by atoms with E-state index in [1.165, 1.54) is 11.1 Å². The number of anilines is 1. The number of aromatic nitrogens is 2. The Morgan fingerprint density at radius 2 is 1.95 bits per heavy atom. The van der Waals surface area contributed by atoms with Gasteiger partial charge >= 0.3 is 0 Å². The lowest BCUT2D eigenvalue weighted by Gasteiger charge is -2.05. The highest BCUT2D eigenvalue weighted by molar-refractivity contribution is 7.15. The summed E-state index contributed by atoms with van der Waals surface area (Å²) in [5.74, 6) is 0.342. The van der Waals surface area contributed by atoms with E-state index < -0.39 is 0 Å². The minimum absolute atomic E-state index is 0.342. The summed E-state index contributed by atoms with van der Waals surface area (Å²) in [4.78, 5) is 5.23. The molecule has 0 saturated heterocycles. The van der Waals surface area contributed by atoms with Crippen LogP contribution < -0.4 is 5.73 Å². The average Bonchev–Trinajstić information content (AvgIpc) is 2.99. The third-order valence-electron chi connectivity index (χ3n) is 3.37. The van der Waals surface area contributed by atoms with Gasteiger partial charge in [-0.15, -0.1) is 11.3 Å². The SMILES string of the molecule is Cc1ncc(-c2noc(N)c2-c2ccc(C)c(C)c2)s1. The first-order valence-electron chi connectivity index (χ1n) is 6.32. The van der Waals surface area contributed by atoms with Gasteiger partial charge in [-0.05, 0) is 37.5 Å². The van der Waals surface area contributed by atoms with E-state index in [9.17, 15) is 0 Å². The van der Waals surface area contributed by atoms with Crippen molar-refractivity contribution in [1.29, 1.82) is 0 Å². The maximum absolute atomic E-state index is 5.96. The number of rotatable bonds is 2. The minimum Gasteiger partial charge on any atom is -0.367 e. The fraction of sp³-hybridized carbons (Fsp3) is 0.200. The Labute approximate surface area is 121 Å². The van der Waals surface area contributed by atoms with Gasteiger partial charge in [0.2, 0.25) is 5.88 Å². The fourth-order valence-corrected chi connectivity index (χ4v) is 2.88. The molecule has 20 heavy (non-hydrogen) atoms. The maximum Gasteiger partial charge on any atom is 0.230 e. The summed E-state index contributed by atoms with van der Waals surface area (Å²) in [5.41, 5.74) is 11.1. The number of aryl methyl sites for hydroxylation is 3. The molecule has 3 rings (SSSR count). The molecular formula is C15H15N3OS. The van der Waals surface area contributed by atoms with Crippen molar-refractivity contribution in [2.75, 3.05) is 5.73 Å². The van der Waals surface area contributed by atoms with E-state index in [0.29, 0.717) is 5.88 Å². The van der Waals surface area contributed by atoms with E-state index >= 15 is 0 Å². The van der Waals surface area contributed by atoms with Crippen LogP contribution in [0.15, 0.2) is 28.9 Å². The van der Waals surface area contributed by atoms with Crippen LogP contribution in [0.3, 0.4) is 0 Å². The summed E-state index contributed by atoms with van der Waals surface area (Å²) in [6.45, 7) is 6.13. The molecule has 0 aliphatic heterocycles. The van der Waals surface area contributed by atoms with Gasteiger partial charge in [0.1, 0.15) is 5.69 Å². The van der Waals surface area contributed by atoms with E-state index in [1.807, 2.05) is 19.2 Å². The molecule has 2 heterocycles. The van der Waals surface area contributed by atoms with Gasteiger partial charge in [0, 0.05) is 6.20 Å². The zero-order valence-electron chi connectivity index (χ0n) is 11.6. The number of hydrogen-bond donors (Lipinski definition) is 1. The molecule has 0 fully saturated rings. The summed E-state index contributed by atoms with van der Waals surface area (Å²) >= 11 is 1.58.